The number of hydrogen-bond donors (Lipinski definition) is 1. The highest BCUT2D eigenvalue weighted by Crippen LogP contribution is 2.46. The van der Waals surface area contributed by atoms with Gasteiger partial charge in [0.15, 0.2) is 5.69 Å². The zero-order valence-electron chi connectivity index (χ0n) is 19.8. The first-order valence-corrected chi connectivity index (χ1v) is 12.6. The molecule has 2 aromatic heterocycles. The van der Waals surface area contributed by atoms with E-state index in [-0.39, 0.29) is 36.2 Å². The van der Waals surface area contributed by atoms with E-state index in [4.69, 9.17) is 6.57 Å². The largest absolute Gasteiger partial charge is 0.435 e. The van der Waals surface area contributed by atoms with Crippen LogP contribution in [0.4, 0.5) is 22.6 Å². The number of nitrogens with zero attached hydrogens (tertiary/aromatic N) is 4. The molecule has 0 aliphatic carbocycles. The summed E-state index contributed by atoms with van der Waals surface area (Å²) < 4.78 is 57.8. The van der Waals surface area contributed by atoms with Gasteiger partial charge in [-0.05, 0) is 42.6 Å². The van der Waals surface area contributed by atoms with Gasteiger partial charge in [-0.25, -0.2) is 9.24 Å². The maximum absolute atomic E-state index is 15.3. The van der Waals surface area contributed by atoms with Crippen LogP contribution in [0.25, 0.3) is 16.0 Å². The summed E-state index contributed by atoms with van der Waals surface area (Å²) in [5.74, 6) is -1.67. The van der Waals surface area contributed by atoms with E-state index in [9.17, 15) is 18.0 Å². The molecule has 5 rings (SSSR count). The molecule has 37 heavy (non-hydrogen) atoms. The third-order valence-corrected chi connectivity index (χ3v) is 7.75. The summed E-state index contributed by atoms with van der Waals surface area (Å²) in [5, 5.41) is 7.27. The summed E-state index contributed by atoms with van der Waals surface area (Å²) in [7, 11) is 1.35. The number of amides is 1. The van der Waals surface area contributed by atoms with Crippen molar-refractivity contribution >= 4 is 22.2 Å². The van der Waals surface area contributed by atoms with Crippen molar-refractivity contribution in [2.24, 2.45) is 7.05 Å². The zero-order valence-corrected chi connectivity index (χ0v) is 20.7. The lowest BCUT2D eigenvalue weighted by atomic mass is 9.83. The number of carbonyl (C=O) groups is 1. The topological polar surface area (TPSA) is 54.5 Å². The van der Waals surface area contributed by atoms with Crippen LogP contribution in [0.1, 0.15) is 40.5 Å². The Labute approximate surface area is 215 Å². The summed E-state index contributed by atoms with van der Waals surface area (Å²) in [4.78, 5) is 19.0. The second-order valence-corrected chi connectivity index (χ2v) is 10.3. The fourth-order valence-corrected chi connectivity index (χ4v) is 6.09. The molecule has 11 heteroatoms. The van der Waals surface area contributed by atoms with Crippen LogP contribution < -0.4 is 5.32 Å². The van der Waals surface area contributed by atoms with E-state index in [0.29, 0.717) is 10.6 Å². The third-order valence-electron chi connectivity index (χ3n) is 6.72. The van der Waals surface area contributed by atoms with Gasteiger partial charge in [0.25, 0.3) is 0 Å². The second-order valence-electron chi connectivity index (χ2n) is 9.18. The van der Waals surface area contributed by atoms with Crippen molar-refractivity contribution in [1.29, 1.82) is 0 Å². The van der Waals surface area contributed by atoms with Gasteiger partial charge in [-0.1, -0.05) is 18.2 Å². The van der Waals surface area contributed by atoms with Crippen LogP contribution in [0.2, 0.25) is 0 Å². The van der Waals surface area contributed by atoms with Crippen molar-refractivity contribution in [3.05, 3.63) is 81.5 Å². The maximum atomic E-state index is 15.3. The molecule has 1 fully saturated rings. The molecule has 1 amide bonds. The minimum absolute atomic E-state index is 0.122. The Hall–Kier alpha value is -3.49. The number of alkyl halides is 3. The van der Waals surface area contributed by atoms with Crippen molar-refractivity contribution in [3.8, 4) is 11.1 Å². The summed E-state index contributed by atoms with van der Waals surface area (Å²) in [6, 6.07) is 5.97. The molecule has 0 bridgehead atoms. The lowest BCUT2D eigenvalue weighted by Crippen LogP contribution is -2.37. The fraction of sp³-hybridized carbons (Fsp3) is 0.346. The average molecular weight is 530 g/mol. The quantitative estimate of drug-likeness (QED) is 0.270. The molecule has 2 aliphatic rings. The van der Waals surface area contributed by atoms with Crippen LogP contribution in [0.15, 0.2) is 42.6 Å². The van der Waals surface area contributed by atoms with Crippen LogP contribution in [-0.2, 0) is 24.6 Å². The highest BCUT2D eigenvalue weighted by molar-refractivity contribution is 7.16. The molecular formula is C26H23F4N5OS. The van der Waals surface area contributed by atoms with Gasteiger partial charge in [-0.2, -0.15) is 29.6 Å². The molecule has 4 heterocycles. The van der Waals surface area contributed by atoms with Crippen LogP contribution in [0.5, 0.6) is 0 Å². The molecule has 0 spiro atoms. The molecule has 1 N–H and O–H groups in total. The Balaban J connectivity index is 1.60. The van der Waals surface area contributed by atoms with E-state index in [1.807, 2.05) is 6.08 Å². The first kappa shape index (κ1) is 25.2. The molecule has 192 valence electrons. The van der Waals surface area contributed by atoms with Gasteiger partial charge in [0.05, 0.1) is 13.1 Å². The van der Waals surface area contributed by atoms with E-state index >= 15 is 4.39 Å². The first-order chi connectivity index (χ1) is 17.7. The number of aryl methyl sites for hydroxylation is 1. The Morgan fingerprint density at radius 3 is 2.84 bits per heavy atom. The Kier molecular flexibility index (Phi) is 6.64. The van der Waals surface area contributed by atoms with E-state index in [0.717, 1.165) is 46.8 Å². The lowest BCUT2D eigenvalue weighted by molar-refractivity contribution is -0.141. The van der Waals surface area contributed by atoms with Crippen molar-refractivity contribution in [2.75, 3.05) is 13.1 Å². The third kappa shape index (κ3) is 4.91. The van der Waals surface area contributed by atoms with Crippen LogP contribution in [0.3, 0.4) is 0 Å². The summed E-state index contributed by atoms with van der Waals surface area (Å²) in [6.07, 6.45) is 1.70. The highest BCUT2D eigenvalue weighted by Gasteiger charge is 2.40. The van der Waals surface area contributed by atoms with Gasteiger partial charge in [-0.3, -0.25) is 9.48 Å². The number of hydrogen-bond acceptors (Lipinski definition) is 4. The van der Waals surface area contributed by atoms with Crippen LogP contribution >= 0.6 is 11.3 Å². The number of carbonyl (C=O) groups excluding carboxylic acids is 1. The van der Waals surface area contributed by atoms with Crippen LogP contribution in [-0.4, -0.2) is 39.7 Å². The molecule has 1 saturated heterocycles. The number of halogens is 4. The van der Waals surface area contributed by atoms with Gasteiger partial charge in [0.2, 0.25) is 10.9 Å². The Bertz CT molecular complexity index is 1410. The summed E-state index contributed by atoms with van der Waals surface area (Å²) >= 11 is 1.24. The zero-order chi connectivity index (χ0) is 26.3. The molecular weight excluding hydrogens is 506 g/mol. The van der Waals surface area contributed by atoms with Gasteiger partial charge in [-0.15, -0.1) is 0 Å². The van der Waals surface area contributed by atoms with Gasteiger partial charge in [0.1, 0.15) is 5.82 Å². The molecule has 2 aliphatic heterocycles. The van der Waals surface area contributed by atoms with E-state index < -0.39 is 23.6 Å². The van der Waals surface area contributed by atoms with Crippen molar-refractivity contribution < 1.29 is 22.4 Å². The number of nitrogens with one attached hydrogen (secondary N) is 1. The number of aromatic nitrogens is 2. The minimum atomic E-state index is -4.78. The normalized spacial score (nSPS) is 19.8. The Morgan fingerprint density at radius 2 is 2.14 bits per heavy atom. The summed E-state index contributed by atoms with van der Waals surface area (Å²) in [5.41, 5.74) is -0.696. The molecule has 6 nitrogen and oxygen atoms in total. The molecule has 0 unspecified atom stereocenters. The van der Waals surface area contributed by atoms with Crippen molar-refractivity contribution in [1.82, 2.24) is 20.0 Å². The van der Waals surface area contributed by atoms with E-state index in [2.05, 4.69) is 15.3 Å². The SMILES string of the molecule is [C-]#[N+]c1cc2c(s1)CN(C(=O)/C=C/[C@@H]1CCCN1)C[C@H]2c1cccc(F)c1-c1cn(C)nc1C(F)(F)F. The van der Waals surface area contributed by atoms with Gasteiger partial charge >= 0.3 is 6.18 Å². The number of benzene rings is 1. The monoisotopic (exact) mass is 529 g/mol. The molecule has 0 radical (unpaired) electrons. The fourth-order valence-electron chi connectivity index (χ4n) is 5.07. The maximum Gasteiger partial charge on any atom is 0.435 e. The van der Waals surface area contributed by atoms with Crippen molar-refractivity contribution in [3.63, 3.8) is 0 Å². The standard InChI is InChI=1S/C26H23F4N5OS/c1-31-22-11-17-18(13-35(14-21(17)37-22)23(36)9-8-15-5-4-10-32-15)16-6-3-7-20(27)24(16)19-12-34(2)33-25(19)26(28,29)30/h3,6-9,11-12,15,18,32H,4-5,10,13-14H2,2H3/b9-8+/t15-,18-/m0/s1. The number of fused-ring (bicyclic) bond motifs is 1. The lowest BCUT2D eigenvalue weighted by Gasteiger charge is -2.34. The first-order valence-electron chi connectivity index (χ1n) is 11.8. The molecule has 0 saturated carbocycles. The minimum Gasteiger partial charge on any atom is -0.333 e. The van der Waals surface area contributed by atoms with Gasteiger partial charge in [0, 0.05) is 53.8 Å². The van der Waals surface area contributed by atoms with E-state index in [1.165, 1.54) is 30.5 Å². The van der Waals surface area contributed by atoms with Crippen molar-refractivity contribution in [2.45, 2.75) is 37.5 Å². The van der Waals surface area contributed by atoms with Crippen LogP contribution in [0, 0.1) is 12.4 Å². The average Bonchev–Trinajstić information content (AvgIpc) is 3.60. The Morgan fingerprint density at radius 1 is 1.32 bits per heavy atom. The molecule has 2 atom stereocenters. The van der Waals surface area contributed by atoms with E-state index in [1.54, 1.807) is 17.0 Å². The number of rotatable bonds is 4. The predicted octanol–water partition coefficient (Wildman–Crippen LogP) is 5.64. The predicted molar refractivity (Wildman–Crippen MR) is 132 cm³/mol. The highest BCUT2D eigenvalue weighted by atomic mass is 32.1. The molecule has 3 aromatic rings. The summed E-state index contributed by atoms with van der Waals surface area (Å²) in [6.45, 7) is 8.75. The smallest absolute Gasteiger partial charge is 0.333 e. The second kappa shape index (κ2) is 9.76. The number of thiophene rings is 1. The van der Waals surface area contributed by atoms with Gasteiger partial charge < -0.3 is 10.2 Å². The molecule has 1 aromatic carbocycles.